The van der Waals surface area contributed by atoms with Crippen molar-refractivity contribution in [2.24, 2.45) is 5.73 Å². The molecule has 1 aliphatic rings. The molecule has 1 amide bonds. The number of amides is 1. The number of benzene rings is 1. The highest BCUT2D eigenvalue weighted by Gasteiger charge is 2.30. The Morgan fingerprint density at radius 1 is 1.50 bits per heavy atom. The van der Waals surface area contributed by atoms with E-state index < -0.39 is 0 Å². The molecule has 1 aromatic carbocycles. The number of carbonyl (C=O) groups is 1. The van der Waals surface area contributed by atoms with Crippen LogP contribution < -0.4 is 11.1 Å². The molecule has 2 atom stereocenters. The molecule has 2 rings (SSSR count). The van der Waals surface area contributed by atoms with E-state index in [1.165, 1.54) is 5.56 Å². The summed E-state index contributed by atoms with van der Waals surface area (Å²) < 4.78 is 5.42. The zero-order chi connectivity index (χ0) is 14.4. The third-order valence-corrected chi connectivity index (χ3v) is 3.80. The molecule has 3 N–H and O–H groups in total. The van der Waals surface area contributed by atoms with Gasteiger partial charge in [-0.1, -0.05) is 30.3 Å². The summed E-state index contributed by atoms with van der Waals surface area (Å²) in [6.45, 7) is 3.23. The quantitative estimate of drug-likeness (QED) is 0.805. The predicted molar refractivity (Wildman–Crippen MR) is 78.5 cm³/mol. The Bertz CT molecular complexity index is 424. The molecule has 0 bridgehead atoms. The zero-order valence-electron chi connectivity index (χ0n) is 11.9. The standard InChI is InChI=1S/C15H23N3O2/c1-17-15(19)14-11-20-8-7-18(14)10-13(9-16)12-5-3-2-4-6-12/h2-6,13-14H,7-11,16H2,1H3,(H,17,19). The van der Waals surface area contributed by atoms with E-state index in [1.807, 2.05) is 18.2 Å². The van der Waals surface area contributed by atoms with Gasteiger partial charge in [-0.3, -0.25) is 9.69 Å². The number of nitrogens with two attached hydrogens (primary N) is 1. The fraction of sp³-hybridized carbons (Fsp3) is 0.533. The van der Waals surface area contributed by atoms with Gasteiger partial charge in [0, 0.05) is 32.6 Å². The Hall–Kier alpha value is -1.43. The van der Waals surface area contributed by atoms with E-state index in [0.29, 0.717) is 19.8 Å². The Morgan fingerprint density at radius 2 is 2.25 bits per heavy atom. The van der Waals surface area contributed by atoms with Crippen LogP contribution in [0.4, 0.5) is 0 Å². The number of hydrogen-bond donors (Lipinski definition) is 2. The van der Waals surface area contributed by atoms with Gasteiger partial charge in [-0.05, 0) is 5.56 Å². The number of likely N-dealkylation sites (N-methyl/N-ethyl adjacent to an activating group) is 1. The van der Waals surface area contributed by atoms with Crippen LogP contribution in [0.1, 0.15) is 11.5 Å². The van der Waals surface area contributed by atoms with Gasteiger partial charge in [-0.25, -0.2) is 0 Å². The van der Waals surface area contributed by atoms with Crippen molar-refractivity contribution in [2.75, 3.05) is 39.9 Å². The first-order chi connectivity index (χ1) is 9.76. The Morgan fingerprint density at radius 3 is 2.90 bits per heavy atom. The molecule has 0 radical (unpaired) electrons. The SMILES string of the molecule is CNC(=O)C1COCCN1CC(CN)c1ccccc1. The maximum atomic E-state index is 11.9. The monoisotopic (exact) mass is 277 g/mol. The lowest BCUT2D eigenvalue weighted by molar-refractivity contribution is -0.132. The van der Waals surface area contributed by atoms with Crippen molar-refractivity contribution in [1.82, 2.24) is 10.2 Å². The summed E-state index contributed by atoms with van der Waals surface area (Å²) in [5, 5.41) is 2.70. The van der Waals surface area contributed by atoms with Gasteiger partial charge in [0.15, 0.2) is 0 Å². The number of hydrogen-bond acceptors (Lipinski definition) is 4. The molecule has 0 aromatic heterocycles. The van der Waals surface area contributed by atoms with Gasteiger partial charge in [-0.15, -0.1) is 0 Å². The molecule has 1 aromatic rings. The highest BCUT2D eigenvalue weighted by molar-refractivity contribution is 5.81. The second kappa shape index (κ2) is 7.38. The number of nitrogens with one attached hydrogen (secondary N) is 1. The minimum atomic E-state index is -0.216. The van der Waals surface area contributed by atoms with Crippen LogP contribution in [0, 0.1) is 0 Å². The molecule has 1 aliphatic heterocycles. The maximum absolute atomic E-state index is 11.9. The molecular weight excluding hydrogens is 254 g/mol. The lowest BCUT2D eigenvalue weighted by atomic mass is 9.97. The van der Waals surface area contributed by atoms with Gasteiger partial charge in [0.1, 0.15) is 6.04 Å². The third-order valence-electron chi connectivity index (χ3n) is 3.80. The molecular formula is C15H23N3O2. The summed E-state index contributed by atoms with van der Waals surface area (Å²) in [6, 6.07) is 10.0. The van der Waals surface area contributed by atoms with E-state index >= 15 is 0 Å². The second-order valence-corrected chi connectivity index (χ2v) is 5.04. The number of ether oxygens (including phenoxy) is 1. The first-order valence-electron chi connectivity index (χ1n) is 7.04. The summed E-state index contributed by atoms with van der Waals surface area (Å²) in [5.74, 6) is 0.245. The molecule has 5 nitrogen and oxygen atoms in total. The highest BCUT2D eigenvalue weighted by Crippen LogP contribution is 2.18. The lowest BCUT2D eigenvalue weighted by Crippen LogP contribution is -2.54. The van der Waals surface area contributed by atoms with Crippen molar-refractivity contribution in [3.05, 3.63) is 35.9 Å². The van der Waals surface area contributed by atoms with Crippen LogP contribution in [0.3, 0.4) is 0 Å². The van der Waals surface area contributed by atoms with Crippen LogP contribution in [-0.4, -0.2) is 56.7 Å². The van der Waals surface area contributed by atoms with Gasteiger partial charge < -0.3 is 15.8 Å². The van der Waals surface area contributed by atoms with E-state index in [-0.39, 0.29) is 17.9 Å². The van der Waals surface area contributed by atoms with Crippen LogP contribution in [-0.2, 0) is 9.53 Å². The lowest BCUT2D eigenvalue weighted by Gasteiger charge is -2.36. The first kappa shape index (κ1) is 15.0. The van der Waals surface area contributed by atoms with E-state index in [4.69, 9.17) is 10.5 Å². The molecule has 1 fully saturated rings. The van der Waals surface area contributed by atoms with Crippen LogP contribution in [0.5, 0.6) is 0 Å². The van der Waals surface area contributed by atoms with Crippen molar-refractivity contribution < 1.29 is 9.53 Å². The van der Waals surface area contributed by atoms with Crippen LogP contribution in [0.25, 0.3) is 0 Å². The normalized spacial score (nSPS) is 21.4. The van der Waals surface area contributed by atoms with Crippen molar-refractivity contribution in [3.63, 3.8) is 0 Å². The van der Waals surface area contributed by atoms with Crippen molar-refractivity contribution in [3.8, 4) is 0 Å². The average Bonchev–Trinajstić information content (AvgIpc) is 2.53. The fourth-order valence-electron chi connectivity index (χ4n) is 2.59. The molecule has 0 spiro atoms. The molecule has 20 heavy (non-hydrogen) atoms. The van der Waals surface area contributed by atoms with Crippen LogP contribution >= 0.6 is 0 Å². The Kier molecular flexibility index (Phi) is 5.52. The summed E-state index contributed by atoms with van der Waals surface area (Å²) >= 11 is 0. The topological polar surface area (TPSA) is 67.6 Å². The fourth-order valence-corrected chi connectivity index (χ4v) is 2.59. The molecule has 0 aliphatic carbocycles. The van der Waals surface area contributed by atoms with Gasteiger partial charge in [0.25, 0.3) is 0 Å². The number of carbonyl (C=O) groups excluding carboxylic acids is 1. The first-order valence-corrected chi connectivity index (χ1v) is 7.04. The van der Waals surface area contributed by atoms with Gasteiger partial charge in [-0.2, -0.15) is 0 Å². The minimum Gasteiger partial charge on any atom is -0.378 e. The van der Waals surface area contributed by atoms with E-state index in [2.05, 4.69) is 22.3 Å². The summed E-state index contributed by atoms with van der Waals surface area (Å²) in [6.07, 6.45) is 0. The van der Waals surface area contributed by atoms with Crippen molar-refractivity contribution in [1.29, 1.82) is 0 Å². The summed E-state index contributed by atoms with van der Waals surface area (Å²) in [5.41, 5.74) is 7.14. The molecule has 2 unspecified atom stereocenters. The number of rotatable bonds is 5. The van der Waals surface area contributed by atoms with E-state index in [9.17, 15) is 4.79 Å². The molecule has 1 heterocycles. The van der Waals surface area contributed by atoms with Crippen LogP contribution in [0.15, 0.2) is 30.3 Å². The smallest absolute Gasteiger partial charge is 0.239 e. The largest absolute Gasteiger partial charge is 0.378 e. The third kappa shape index (κ3) is 3.56. The summed E-state index contributed by atoms with van der Waals surface area (Å²) in [4.78, 5) is 14.1. The second-order valence-electron chi connectivity index (χ2n) is 5.04. The maximum Gasteiger partial charge on any atom is 0.239 e. The Balaban J connectivity index is 2.07. The van der Waals surface area contributed by atoms with Gasteiger partial charge in [0.05, 0.1) is 13.2 Å². The summed E-state index contributed by atoms with van der Waals surface area (Å²) in [7, 11) is 1.66. The van der Waals surface area contributed by atoms with Gasteiger partial charge in [0.2, 0.25) is 5.91 Å². The molecule has 0 saturated carbocycles. The average molecular weight is 277 g/mol. The van der Waals surface area contributed by atoms with Crippen LogP contribution in [0.2, 0.25) is 0 Å². The van der Waals surface area contributed by atoms with Crippen molar-refractivity contribution >= 4 is 5.91 Å². The predicted octanol–water partition coefficient (Wildman–Crippen LogP) is 0.176. The Labute approximate surface area is 120 Å². The van der Waals surface area contributed by atoms with E-state index in [0.717, 1.165) is 13.1 Å². The molecule has 5 heteroatoms. The van der Waals surface area contributed by atoms with Gasteiger partial charge >= 0.3 is 0 Å². The number of morpholine rings is 1. The zero-order valence-corrected chi connectivity index (χ0v) is 11.9. The molecule has 110 valence electrons. The number of nitrogens with zero attached hydrogens (tertiary/aromatic N) is 1. The minimum absolute atomic E-state index is 0.00790. The van der Waals surface area contributed by atoms with Crippen molar-refractivity contribution in [2.45, 2.75) is 12.0 Å². The molecule has 1 saturated heterocycles. The highest BCUT2D eigenvalue weighted by atomic mass is 16.5. The van der Waals surface area contributed by atoms with E-state index in [1.54, 1.807) is 7.05 Å².